The summed E-state index contributed by atoms with van der Waals surface area (Å²) in [7, 11) is 0. The van der Waals surface area contributed by atoms with Gasteiger partial charge in [-0.15, -0.1) is 0 Å². The molecular formula is C27H24N4O5. The molecule has 1 amide bonds. The van der Waals surface area contributed by atoms with Gasteiger partial charge in [-0.25, -0.2) is 9.78 Å². The third-order valence-corrected chi connectivity index (χ3v) is 5.63. The normalized spacial score (nSPS) is 12.6. The number of carbonyl (C=O) groups excluding carboxylic acids is 2. The van der Waals surface area contributed by atoms with E-state index in [0.717, 1.165) is 22.0 Å². The molecule has 36 heavy (non-hydrogen) atoms. The number of anilines is 1. The van der Waals surface area contributed by atoms with E-state index < -0.39 is 11.9 Å². The van der Waals surface area contributed by atoms with Gasteiger partial charge in [0.1, 0.15) is 18.8 Å². The van der Waals surface area contributed by atoms with Gasteiger partial charge in [-0.2, -0.15) is 9.78 Å². The number of ether oxygens (including phenoxy) is 3. The van der Waals surface area contributed by atoms with Crippen LogP contribution in [-0.4, -0.2) is 46.5 Å². The van der Waals surface area contributed by atoms with Crippen LogP contribution >= 0.6 is 0 Å². The molecule has 0 aliphatic carbocycles. The highest BCUT2D eigenvalue weighted by Gasteiger charge is 2.22. The Morgan fingerprint density at radius 3 is 2.75 bits per heavy atom. The summed E-state index contributed by atoms with van der Waals surface area (Å²) >= 11 is 0. The second-order valence-electron chi connectivity index (χ2n) is 8.08. The number of pyridine rings is 1. The third-order valence-electron chi connectivity index (χ3n) is 5.63. The SMILES string of the molecule is CCOC(=O)c1cnn(-c2cc(C)c3ccccc3n2)c1NC(=O)/C=C\c1ccc2c(c1)OCCO2. The molecule has 9 heteroatoms. The molecule has 0 fully saturated rings. The molecule has 9 nitrogen and oxygen atoms in total. The quantitative estimate of drug-likeness (QED) is 0.321. The second kappa shape index (κ2) is 9.91. The van der Waals surface area contributed by atoms with Crippen molar-refractivity contribution in [3.8, 4) is 17.3 Å². The lowest BCUT2D eigenvalue weighted by molar-refractivity contribution is -0.111. The highest BCUT2D eigenvalue weighted by Crippen LogP contribution is 2.31. The number of hydrogen-bond donors (Lipinski definition) is 1. The molecule has 0 spiro atoms. The van der Waals surface area contributed by atoms with Gasteiger partial charge in [-0.3, -0.25) is 4.79 Å². The lowest BCUT2D eigenvalue weighted by Crippen LogP contribution is -2.16. The van der Waals surface area contributed by atoms with Crippen molar-refractivity contribution in [2.75, 3.05) is 25.1 Å². The first-order valence-electron chi connectivity index (χ1n) is 11.5. The average molecular weight is 485 g/mol. The third kappa shape index (κ3) is 4.63. The predicted molar refractivity (Wildman–Crippen MR) is 135 cm³/mol. The van der Waals surface area contributed by atoms with Crippen LogP contribution in [0.15, 0.2) is 60.8 Å². The van der Waals surface area contributed by atoms with Gasteiger partial charge < -0.3 is 19.5 Å². The number of rotatable bonds is 6. The average Bonchev–Trinajstić information content (AvgIpc) is 3.31. The zero-order valence-electron chi connectivity index (χ0n) is 19.9. The molecule has 0 atom stereocenters. The van der Waals surface area contributed by atoms with Crippen LogP contribution in [0.2, 0.25) is 0 Å². The van der Waals surface area contributed by atoms with Gasteiger partial charge in [0, 0.05) is 11.5 Å². The van der Waals surface area contributed by atoms with Crippen LogP contribution in [0.1, 0.15) is 28.4 Å². The number of aromatic nitrogens is 3. The minimum Gasteiger partial charge on any atom is -0.486 e. The molecule has 0 bridgehead atoms. The van der Waals surface area contributed by atoms with E-state index in [1.807, 2.05) is 43.3 Å². The van der Waals surface area contributed by atoms with Gasteiger partial charge in [-0.05, 0) is 55.3 Å². The summed E-state index contributed by atoms with van der Waals surface area (Å²) in [6.45, 7) is 4.85. The number of benzene rings is 2. The summed E-state index contributed by atoms with van der Waals surface area (Å²) in [5, 5.41) is 8.12. The maximum absolute atomic E-state index is 12.9. The number of hydrogen-bond acceptors (Lipinski definition) is 7. The molecule has 2 aromatic heterocycles. The van der Waals surface area contributed by atoms with Crippen molar-refractivity contribution in [2.24, 2.45) is 0 Å². The largest absolute Gasteiger partial charge is 0.486 e. The maximum Gasteiger partial charge on any atom is 0.343 e. The number of nitrogens with zero attached hydrogens (tertiary/aromatic N) is 3. The van der Waals surface area contributed by atoms with Crippen LogP contribution in [0.4, 0.5) is 5.82 Å². The summed E-state index contributed by atoms with van der Waals surface area (Å²) in [4.78, 5) is 30.2. The van der Waals surface area contributed by atoms with E-state index >= 15 is 0 Å². The van der Waals surface area contributed by atoms with E-state index in [4.69, 9.17) is 14.2 Å². The number of nitrogens with one attached hydrogen (secondary N) is 1. The molecule has 4 aromatic rings. The van der Waals surface area contributed by atoms with Crippen molar-refractivity contribution < 1.29 is 23.8 Å². The smallest absolute Gasteiger partial charge is 0.343 e. The number of carbonyl (C=O) groups is 2. The van der Waals surface area contributed by atoms with Gasteiger partial charge in [0.25, 0.3) is 0 Å². The molecule has 5 rings (SSSR count). The van der Waals surface area contributed by atoms with Crippen molar-refractivity contribution in [3.63, 3.8) is 0 Å². The first-order chi connectivity index (χ1) is 17.5. The molecule has 182 valence electrons. The molecule has 0 saturated carbocycles. The fourth-order valence-corrected chi connectivity index (χ4v) is 3.93. The summed E-state index contributed by atoms with van der Waals surface area (Å²) < 4.78 is 17.7. The second-order valence-corrected chi connectivity index (χ2v) is 8.08. The number of amides is 1. The van der Waals surface area contributed by atoms with Crippen LogP contribution in [0.25, 0.3) is 22.8 Å². The van der Waals surface area contributed by atoms with E-state index in [-0.39, 0.29) is 18.0 Å². The number of fused-ring (bicyclic) bond motifs is 2. The summed E-state index contributed by atoms with van der Waals surface area (Å²) in [6.07, 6.45) is 4.39. The molecule has 1 N–H and O–H groups in total. The van der Waals surface area contributed by atoms with E-state index in [1.54, 1.807) is 25.1 Å². The van der Waals surface area contributed by atoms with Crippen LogP contribution in [0.3, 0.4) is 0 Å². The van der Waals surface area contributed by atoms with Crippen LogP contribution in [0, 0.1) is 6.92 Å². The molecule has 1 aliphatic rings. The molecule has 3 heterocycles. The lowest BCUT2D eigenvalue weighted by atomic mass is 10.1. The Kier molecular flexibility index (Phi) is 6.36. The molecular weight excluding hydrogens is 460 g/mol. The molecule has 1 aliphatic heterocycles. The first kappa shape index (κ1) is 23.1. The minimum absolute atomic E-state index is 0.130. The summed E-state index contributed by atoms with van der Waals surface area (Å²) in [5.41, 5.74) is 2.65. The van der Waals surface area contributed by atoms with E-state index in [9.17, 15) is 9.59 Å². The van der Waals surface area contributed by atoms with Crippen molar-refractivity contribution >= 4 is 34.7 Å². The molecule has 0 radical (unpaired) electrons. The molecule has 0 saturated heterocycles. The van der Waals surface area contributed by atoms with Gasteiger partial charge in [0.05, 0.1) is 18.3 Å². The van der Waals surface area contributed by atoms with Gasteiger partial charge in [0.2, 0.25) is 5.91 Å². The Morgan fingerprint density at radius 2 is 1.92 bits per heavy atom. The highest BCUT2D eigenvalue weighted by atomic mass is 16.6. The van der Waals surface area contributed by atoms with Crippen LogP contribution in [0.5, 0.6) is 11.5 Å². The van der Waals surface area contributed by atoms with Gasteiger partial charge in [0.15, 0.2) is 23.1 Å². The number of para-hydroxylation sites is 1. The predicted octanol–water partition coefficient (Wildman–Crippen LogP) is 4.33. The van der Waals surface area contributed by atoms with Gasteiger partial charge in [-0.1, -0.05) is 24.3 Å². The lowest BCUT2D eigenvalue weighted by Gasteiger charge is -2.18. The zero-order chi connectivity index (χ0) is 25.1. The Morgan fingerprint density at radius 1 is 1.11 bits per heavy atom. The summed E-state index contributed by atoms with van der Waals surface area (Å²) in [5.74, 6) is 0.899. The fourth-order valence-electron chi connectivity index (χ4n) is 3.93. The molecule has 0 unspecified atom stereocenters. The summed E-state index contributed by atoms with van der Waals surface area (Å²) in [6, 6.07) is 15.0. The Bertz CT molecular complexity index is 1490. The first-order valence-corrected chi connectivity index (χ1v) is 11.5. The van der Waals surface area contributed by atoms with Crippen LogP contribution in [-0.2, 0) is 9.53 Å². The standard InChI is InChI=1S/C27H24N4O5/c1-3-34-27(33)20-16-28-31(24-14-17(2)19-6-4-5-7-21(19)29-24)26(20)30-25(32)11-9-18-8-10-22-23(15-18)36-13-12-35-22/h4-11,14-16H,3,12-13H2,1-2H3,(H,30,32)/b11-9-. The highest BCUT2D eigenvalue weighted by molar-refractivity contribution is 6.06. The van der Waals surface area contributed by atoms with Crippen molar-refractivity contribution in [1.29, 1.82) is 0 Å². The van der Waals surface area contributed by atoms with Crippen molar-refractivity contribution in [3.05, 3.63) is 77.5 Å². The monoisotopic (exact) mass is 484 g/mol. The molecule has 2 aromatic carbocycles. The number of esters is 1. The Labute approximate surface area is 207 Å². The fraction of sp³-hybridized carbons (Fsp3) is 0.185. The van der Waals surface area contributed by atoms with E-state index in [2.05, 4.69) is 15.4 Å². The Hall–Kier alpha value is -4.66. The zero-order valence-corrected chi connectivity index (χ0v) is 19.9. The topological polar surface area (TPSA) is 105 Å². The number of aryl methyl sites for hydroxylation is 1. The van der Waals surface area contributed by atoms with E-state index in [0.29, 0.717) is 30.5 Å². The van der Waals surface area contributed by atoms with Crippen molar-refractivity contribution in [2.45, 2.75) is 13.8 Å². The van der Waals surface area contributed by atoms with Crippen molar-refractivity contribution in [1.82, 2.24) is 14.8 Å². The maximum atomic E-state index is 12.9. The van der Waals surface area contributed by atoms with Gasteiger partial charge >= 0.3 is 5.97 Å². The van der Waals surface area contributed by atoms with Crippen LogP contribution < -0.4 is 14.8 Å². The van der Waals surface area contributed by atoms with E-state index in [1.165, 1.54) is 17.0 Å². The minimum atomic E-state index is -0.590. The Balaban J connectivity index is 1.46.